The van der Waals surface area contributed by atoms with Crippen molar-refractivity contribution in [2.75, 3.05) is 13.7 Å². The van der Waals surface area contributed by atoms with Crippen LogP contribution in [0.1, 0.15) is 48.8 Å². The Morgan fingerprint density at radius 3 is 2.64 bits per heavy atom. The lowest BCUT2D eigenvalue weighted by molar-refractivity contribution is -0.122. The number of carbonyl (C=O) groups excluding carboxylic acids is 1. The van der Waals surface area contributed by atoms with Gasteiger partial charge in [0.15, 0.2) is 0 Å². The van der Waals surface area contributed by atoms with Gasteiger partial charge in [0.1, 0.15) is 5.75 Å². The molecular formula is C21H24ClNO2. The van der Waals surface area contributed by atoms with E-state index in [0.717, 1.165) is 28.9 Å². The largest absolute Gasteiger partial charge is 0.496 e. The van der Waals surface area contributed by atoms with Crippen molar-refractivity contribution in [2.24, 2.45) is 5.92 Å². The molecule has 1 amide bonds. The molecule has 2 atom stereocenters. The molecule has 1 aliphatic heterocycles. The lowest BCUT2D eigenvalue weighted by Crippen LogP contribution is -2.30. The van der Waals surface area contributed by atoms with Crippen LogP contribution in [-0.4, -0.2) is 19.6 Å². The summed E-state index contributed by atoms with van der Waals surface area (Å²) in [6.07, 6.45) is 0.819. The average molecular weight is 358 g/mol. The summed E-state index contributed by atoms with van der Waals surface area (Å²) in [5.41, 5.74) is 3.25. The van der Waals surface area contributed by atoms with E-state index in [2.05, 4.69) is 25.2 Å². The molecule has 0 aliphatic carbocycles. The van der Waals surface area contributed by atoms with E-state index in [1.165, 1.54) is 0 Å². The number of carbonyl (C=O) groups is 1. The minimum Gasteiger partial charge on any atom is -0.496 e. The highest BCUT2D eigenvalue weighted by molar-refractivity contribution is 6.30. The maximum Gasteiger partial charge on any atom is 0.227 e. The first-order valence-electron chi connectivity index (χ1n) is 8.71. The topological polar surface area (TPSA) is 38.3 Å². The summed E-state index contributed by atoms with van der Waals surface area (Å²) in [6.45, 7) is 4.83. The molecule has 25 heavy (non-hydrogen) atoms. The van der Waals surface area contributed by atoms with Gasteiger partial charge in [-0.3, -0.25) is 4.79 Å². The van der Waals surface area contributed by atoms with Crippen LogP contribution < -0.4 is 10.1 Å². The Morgan fingerprint density at radius 1 is 1.16 bits per heavy atom. The molecule has 0 aromatic heterocycles. The van der Waals surface area contributed by atoms with Crippen molar-refractivity contribution in [2.45, 2.75) is 32.1 Å². The summed E-state index contributed by atoms with van der Waals surface area (Å²) in [5.74, 6) is 1.23. The molecule has 0 radical (unpaired) electrons. The third kappa shape index (κ3) is 3.67. The molecule has 4 heteroatoms. The van der Waals surface area contributed by atoms with Gasteiger partial charge in [0.25, 0.3) is 0 Å². The summed E-state index contributed by atoms with van der Waals surface area (Å²) in [6, 6.07) is 13.9. The van der Waals surface area contributed by atoms with Crippen LogP contribution in [0.5, 0.6) is 5.75 Å². The number of fused-ring (bicyclic) bond motifs is 1. The molecule has 1 aliphatic rings. The van der Waals surface area contributed by atoms with Crippen molar-refractivity contribution in [1.82, 2.24) is 5.32 Å². The molecule has 0 fully saturated rings. The van der Waals surface area contributed by atoms with Crippen molar-refractivity contribution in [3.8, 4) is 5.75 Å². The molecule has 3 rings (SSSR count). The van der Waals surface area contributed by atoms with Crippen LogP contribution in [0.25, 0.3) is 0 Å². The van der Waals surface area contributed by atoms with Gasteiger partial charge in [0.2, 0.25) is 5.91 Å². The number of methoxy groups -OCH3 is 1. The monoisotopic (exact) mass is 357 g/mol. The maximum atomic E-state index is 12.8. The lowest BCUT2D eigenvalue weighted by Gasteiger charge is -2.22. The van der Waals surface area contributed by atoms with E-state index in [-0.39, 0.29) is 17.7 Å². The van der Waals surface area contributed by atoms with E-state index in [1.54, 1.807) is 7.11 Å². The molecule has 132 valence electrons. The molecule has 0 bridgehead atoms. The van der Waals surface area contributed by atoms with Crippen LogP contribution in [0, 0.1) is 5.92 Å². The molecule has 1 heterocycles. The quantitative estimate of drug-likeness (QED) is 0.858. The smallest absolute Gasteiger partial charge is 0.227 e. The van der Waals surface area contributed by atoms with E-state index in [9.17, 15) is 4.79 Å². The van der Waals surface area contributed by atoms with Crippen molar-refractivity contribution < 1.29 is 9.53 Å². The lowest BCUT2D eigenvalue weighted by atomic mass is 9.82. The van der Waals surface area contributed by atoms with Crippen LogP contribution in [0.15, 0.2) is 42.5 Å². The number of halogens is 1. The Bertz CT molecular complexity index is 772. The summed E-state index contributed by atoms with van der Waals surface area (Å²) in [5, 5.41) is 3.82. The van der Waals surface area contributed by atoms with E-state index in [0.29, 0.717) is 17.5 Å². The van der Waals surface area contributed by atoms with Gasteiger partial charge >= 0.3 is 0 Å². The Labute approximate surface area is 154 Å². The van der Waals surface area contributed by atoms with Gasteiger partial charge in [-0.2, -0.15) is 0 Å². The normalized spacial score (nSPS) is 20.0. The summed E-state index contributed by atoms with van der Waals surface area (Å²) in [7, 11) is 1.68. The zero-order valence-corrected chi connectivity index (χ0v) is 15.6. The summed E-state index contributed by atoms with van der Waals surface area (Å²) < 4.78 is 5.56. The van der Waals surface area contributed by atoms with E-state index < -0.39 is 0 Å². The standard InChI is InChI=1S/C21H24ClNO2/c1-13(2)10-18-15-9-8-14(22)11-17(15)19(12-23-21(18)24)16-6-4-5-7-20(16)25-3/h4-9,11,13,18-19H,10,12H2,1-3H3,(H,23,24). The fraction of sp³-hybridized carbons (Fsp3) is 0.381. The Balaban J connectivity index is 2.15. The van der Waals surface area contributed by atoms with E-state index in [4.69, 9.17) is 16.3 Å². The number of para-hydroxylation sites is 1. The fourth-order valence-electron chi connectivity index (χ4n) is 3.68. The zero-order chi connectivity index (χ0) is 18.0. The molecule has 2 unspecified atom stereocenters. The highest BCUT2D eigenvalue weighted by atomic mass is 35.5. The molecule has 2 aromatic carbocycles. The minimum absolute atomic E-state index is 0.0194. The number of nitrogens with one attached hydrogen (secondary N) is 1. The van der Waals surface area contributed by atoms with Crippen molar-refractivity contribution >= 4 is 17.5 Å². The molecule has 0 spiro atoms. The second-order valence-corrected chi connectivity index (χ2v) is 7.43. The van der Waals surface area contributed by atoms with Crippen LogP contribution in [0.2, 0.25) is 5.02 Å². The predicted molar refractivity (Wildman–Crippen MR) is 101 cm³/mol. The zero-order valence-electron chi connectivity index (χ0n) is 14.9. The second-order valence-electron chi connectivity index (χ2n) is 7.00. The number of benzene rings is 2. The van der Waals surface area contributed by atoms with Gasteiger partial charge in [0, 0.05) is 23.0 Å². The maximum absolute atomic E-state index is 12.8. The van der Waals surface area contributed by atoms with Gasteiger partial charge in [-0.25, -0.2) is 0 Å². The van der Waals surface area contributed by atoms with Crippen molar-refractivity contribution in [3.05, 3.63) is 64.2 Å². The first kappa shape index (κ1) is 17.8. The van der Waals surface area contributed by atoms with Gasteiger partial charge < -0.3 is 10.1 Å². The van der Waals surface area contributed by atoms with Gasteiger partial charge in [-0.05, 0) is 41.7 Å². The van der Waals surface area contributed by atoms with Crippen molar-refractivity contribution in [3.63, 3.8) is 0 Å². The first-order valence-corrected chi connectivity index (χ1v) is 9.09. The third-order valence-electron chi connectivity index (χ3n) is 4.82. The van der Waals surface area contributed by atoms with E-state index in [1.807, 2.05) is 36.4 Å². The Hall–Kier alpha value is -2.00. The summed E-state index contributed by atoms with van der Waals surface area (Å²) >= 11 is 6.31. The van der Waals surface area contributed by atoms with Crippen LogP contribution in [-0.2, 0) is 4.79 Å². The molecule has 0 saturated carbocycles. The summed E-state index contributed by atoms with van der Waals surface area (Å²) in [4.78, 5) is 12.8. The molecule has 0 saturated heterocycles. The first-order chi connectivity index (χ1) is 12.0. The number of ether oxygens (including phenoxy) is 1. The SMILES string of the molecule is COc1ccccc1C1CNC(=O)C(CC(C)C)c2ccc(Cl)cc21. The Kier molecular flexibility index (Phi) is 5.33. The molecular weight excluding hydrogens is 334 g/mol. The molecule has 3 nitrogen and oxygen atoms in total. The number of hydrogen-bond acceptors (Lipinski definition) is 2. The van der Waals surface area contributed by atoms with Gasteiger partial charge in [-0.15, -0.1) is 0 Å². The van der Waals surface area contributed by atoms with Crippen LogP contribution in [0.3, 0.4) is 0 Å². The van der Waals surface area contributed by atoms with Gasteiger partial charge in [0.05, 0.1) is 13.0 Å². The minimum atomic E-state index is -0.146. The van der Waals surface area contributed by atoms with E-state index >= 15 is 0 Å². The third-order valence-corrected chi connectivity index (χ3v) is 5.05. The predicted octanol–water partition coefficient (Wildman–Crippen LogP) is 4.74. The number of rotatable bonds is 4. The van der Waals surface area contributed by atoms with Crippen molar-refractivity contribution in [1.29, 1.82) is 0 Å². The highest BCUT2D eigenvalue weighted by Crippen LogP contribution is 2.40. The molecule has 2 aromatic rings. The number of hydrogen-bond donors (Lipinski definition) is 1. The Morgan fingerprint density at radius 2 is 1.92 bits per heavy atom. The average Bonchev–Trinajstić information content (AvgIpc) is 2.72. The van der Waals surface area contributed by atoms with Gasteiger partial charge in [-0.1, -0.05) is 49.7 Å². The van der Waals surface area contributed by atoms with Crippen LogP contribution >= 0.6 is 11.6 Å². The molecule has 1 N–H and O–H groups in total. The van der Waals surface area contributed by atoms with Crippen LogP contribution in [0.4, 0.5) is 0 Å². The highest BCUT2D eigenvalue weighted by Gasteiger charge is 2.32. The number of amides is 1. The fourth-order valence-corrected chi connectivity index (χ4v) is 3.86. The second kappa shape index (κ2) is 7.49.